The van der Waals surface area contributed by atoms with Crippen molar-refractivity contribution in [2.75, 3.05) is 13.2 Å². The van der Waals surface area contributed by atoms with Crippen LogP contribution in [-0.4, -0.2) is 25.1 Å². The number of alkyl halides is 3. The van der Waals surface area contributed by atoms with Gasteiger partial charge in [-0.3, -0.25) is 0 Å². The summed E-state index contributed by atoms with van der Waals surface area (Å²) in [5, 5.41) is 3.24. The van der Waals surface area contributed by atoms with E-state index < -0.39 is 12.0 Å². The van der Waals surface area contributed by atoms with Crippen LogP contribution < -0.4 is 10.1 Å². The van der Waals surface area contributed by atoms with Gasteiger partial charge in [0.2, 0.25) is 0 Å². The van der Waals surface area contributed by atoms with Crippen LogP contribution in [0.4, 0.5) is 13.2 Å². The summed E-state index contributed by atoms with van der Waals surface area (Å²) < 4.78 is 47.7. The Morgan fingerprint density at radius 2 is 2.10 bits per heavy atom. The van der Waals surface area contributed by atoms with Crippen molar-refractivity contribution < 1.29 is 22.6 Å². The van der Waals surface area contributed by atoms with Crippen molar-refractivity contribution in [1.29, 1.82) is 0 Å². The van der Waals surface area contributed by atoms with Gasteiger partial charge in [0.15, 0.2) is 0 Å². The predicted octanol–water partition coefficient (Wildman–Crippen LogP) is 3.80. The Kier molecular flexibility index (Phi) is 4.78. The van der Waals surface area contributed by atoms with E-state index >= 15 is 0 Å². The van der Waals surface area contributed by atoms with Gasteiger partial charge >= 0.3 is 6.36 Å². The molecule has 3 nitrogen and oxygen atoms in total. The van der Waals surface area contributed by atoms with Crippen LogP contribution in [0.2, 0.25) is 0 Å². The van der Waals surface area contributed by atoms with Crippen molar-refractivity contribution in [1.82, 2.24) is 5.32 Å². The van der Waals surface area contributed by atoms with Gasteiger partial charge in [0.05, 0.1) is 11.6 Å². The second-order valence-electron chi connectivity index (χ2n) is 5.34. The van der Waals surface area contributed by atoms with Gasteiger partial charge in [-0.2, -0.15) is 0 Å². The van der Waals surface area contributed by atoms with Crippen LogP contribution in [0.15, 0.2) is 24.3 Å². The molecule has 21 heavy (non-hydrogen) atoms. The molecule has 118 valence electrons. The second kappa shape index (κ2) is 6.23. The molecular formula is C15H20F3NO2. The average molecular weight is 303 g/mol. The van der Waals surface area contributed by atoms with E-state index in [1.165, 1.54) is 12.1 Å². The molecule has 2 rings (SSSR count). The smallest absolute Gasteiger partial charge is 0.405 e. The molecule has 2 unspecified atom stereocenters. The van der Waals surface area contributed by atoms with E-state index in [1.54, 1.807) is 12.1 Å². The Hall–Kier alpha value is -1.27. The van der Waals surface area contributed by atoms with Crippen LogP contribution in [0.3, 0.4) is 0 Å². The summed E-state index contributed by atoms with van der Waals surface area (Å²) in [7, 11) is 0. The third kappa shape index (κ3) is 3.89. The van der Waals surface area contributed by atoms with Gasteiger partial charge < -0.3 is 14.8 Å². The highest BCUT2D eigenvalue weighted by Crippen LogP contribution is 2.41. The molecule has 1 aromatic carbocycles. The number of likely N-dealkylation sites (N-methyl/N-ethyl adjacent to an activating group) is 1. The first-order valence-electron chi connectivity index (χ1n) is 7.08. The van der Waals surface area contributed by atoms with E-state index in [9.17, 15) is 13.2 Å². The zero-order valence-electron chi connectivity index (χ0n) is 12.2. The molecule has 1 aromatic rings. The van der Waals surface area contributed by atoms with Crippen LogP contribution in [0.1, 0.15) is 38.3 Å². The predicted molar refractivity (Wildman–Crippen MR) is 73.1 cm³/mol. The lowest BCUT2D eigenvalue weighted by Gasteiger charge is -2.35. The Balaban J connectivity index is 2.36. The van der Waals surface area contributed by atoms with Crippen LogP contribution in [0.25, 0.3) is 0 Å². The maximum atomic E-state index is 12.6. The van der Waals surface area contributed by atoms with E-state index in [2.05, 4.69) is 10.1 Å². The fourth-order valence-electron chi connectivity index (χ4n) is 2.82. The number of halogens is 3. The van der Waals surface area contributed by atoms with Crippen molar-refractivity contribution in [2.45, 2.75) is 44.7 Å². The molecule has 1 aliphatic heterocycles. The first kappa shape index (κ1) is 16.1. The Bertz CT molecular complexity index is 470. The molecule has 0 radical (unpaired) electrons. The summed E-state index contributed by atoms with van der Waals surface area (Å²) in [6, 6.07) is 5.89. The van der Waals surface area contributed by atoms with Gasteiger partial charge in [-0.15, -0.1) is 13.2 Å². The van der Waals surface area contributed by atoms with E-state index in [0.29, 0.717) is 18.7 Å². The summed E-state index contributed by atoms with van der Waals surface area (Å²) in [5.41, 5.74) is -0.0535. The lowest BCUT2D eigenvalue weighted by Crippen LogP contribution is -2.41. The average Bonchev–Trinajstić information content (AvgIpc) is 2.83. The zero-order chi connectivity index (χ0) is 15.5. The maximum Gasteiger partial charge on any atom is 0.573 e. The highest BCUT2D eigenvalue weighted by atomic mass is 19.4. The minimum atomic E-state index is -4.70. The topological polar surface area (TPSA) is 30.5 Å². The van der Waals surface area contributed by atoms with Gasteiger partial charge in [-0.1, -0.05) is 25.1 Å². The molecule has 6 heteroatoms. The first-order valence-corrected chi connectivity index (χ1v) is 7.08. The van der Waals surface area contributed by atoms with Gasteiger partial charge in [-0.05, 0) is 32.4 Å². The molecule has 0 bridgehead atoms. The normalized spacial score (nSPS) is 24.0. The number of benzene rings is 1. The van der Waals surface area contributed by atoms with Crippen LogP contribution in [-0.2, 0) is 4.74 Å². The van der Waals surface area contributed by atoms with E-state index in [4.69, 9.17) is 4.74 Å². The number of rotatable bonds is 5. The molecule has 0 saturated carbocycles. The summed E-state index contributed by atoms with van der Waals surface area (Å²) in [6.45, 7) is 5.10. The lowest BCUT2D eigenvalue weighted by molar-refractivity contribution is -0.275. The lowest BCUT2D eigenvalue weighted by atomic mass is 9.87. The summed E-state index contributed by atoms with van der Waals surface area (Å²) in [5.74, 6) is -0.173. The molecule has 1 fully saturated rings. The van der Waals surface area contributed by atoms with Gasteiger partial charge in [0, 0.05) is 12.2 Å². The highest BCUT2D eigenvalue weighted by molar-refractivity contribution is 5.38. The maximum absolute atomic E-state index is 12.6. The van der Waals surface area contributed by atoms with E-state index in [1.807, 2.05) is 13.8 Å². The van der Waals surface area contributed by atoms with Crippen LogP contribution >= 0.6 is 0 Å². The minimum absolute atomic E-state index is 0.173. The fourth-order valence-corrected chi connectivity index (χ4v) is 2.82. The van der Waals surface area contributed by atoms with Crippen molar-refractivity contribution >= 4 is 0 Å². The van der Waals surface area contributed by atoms with Gasteiger partial charge in [0.1, 0.15) is 5.75 Å². The number of nitrogens with one attached hydrogen (secondary N) is 1. The molecular weight excluding hydrogens is 283 g/mol. The molecule has 0 amide bonds. The summed E-state index contributed by atoms with van der Waals surface area (Å²) in [4.78, 5) is 0. The zero-order valence-corrected chi connectivity index (χ0v) is 12.2. The fraction of sp³-hybridized carbons (Fsp3) is 0.600. The number of hydrogen-bond donors (Lipinski definition) is 1. The number of para-hydroxylation sites is 1. The summed E-state index contributed by atoms with van der Waals surface area (Å²) in [6.07, 6.45) is -3.00. The highest BCUT2D eigenvalue weighted by Gasteiger charge is 2.41. The third-order valence-corrected chi connectivity index (χ3v) is 3.72. The number of hydrogen-bond acceptors (Lipinski definition) is 3. The van der Waals surface area contributed by atoms with Crippen LogP contribution in [0.5, 0.6) is 5.75 Å². The molecule has 0 spiro atoms. The van der Waals surface area contributed by atoms with Gasteiger partial charge in [0.25, 0.3) is 0 Å². The van der Waals surface area contributed by atoms with E-state index in [0.717, 1.165) is 12.8 Å². The monoisotopic (exact) mass is 303 g/mol. The third-order valence-electron chi connectivity index (χ3n) is 3.72. The van der Waals surface area contributed by atoms with Crippen molar-refractivity contribution in [3.05, 3.63) is 29.8 Å². The first-order chi connectivity index (χ1) is 9.86. The standard InChI is InChI=1S/C15H20F3NO2/c1-3-19-13(14(2)9-6-10-20-14)11-7-4-5-8-12(11)21-15(16,17)18/h4-5,7-8,13,19H,3,6,9-10H2,1-2H3. The van der Waals surface area contributed by atoms with Crippen molar-refractivity contribution in [3.63, 3.8) is 0 Å². The van der Waals surface area contributed by atoms with Crippen molar-refractivity contribution in [2.24, 2.45) is 0 Å². The summed E-state index contributed by atoms with van der Waals surface area (Å²) >= 11 is 0. The van der Waals surface area contributed by atoms with Gasteiger partial charge in [-0.25, -0.2) is 0 Å². The quantitative estimate of drug-likeness (QED) is 0.897. The SMILES string of the molecule is CCNC(c1ccccc1OC(F)(F)F)C1(C)CCCO1. The molecule has 1 aliphatic rings. The van der Waals surface area contributed by atoms with Crippen LogP contribution in [0, 0.1) is 0 Å². The molecule has 1 N–H and O–H groups in total. The van der Waals surface area contributed by atoms with Crippen molar-refractivity contribution in [3.8, 4) is 5.75 Å². The molecule has 1 heterocycles. The number of ether oxygens (including phenoxy) is 2. The Morgan fingerprint density at radius 1 is 1.38 bits per heavy atom. The Morgan fingerprint density at radius 3 is 2.67 bits per heavy atom. The largest absolute Gasteiger partial charge is 0.573 e. The molecule has 1 saturated heterocycles. The molecule has 2 atom stereocenters. The Labute approximate surface area is 122 Å². The van der Waals surface area contributed by atoms with E-state index in [-0.39, 0.29) is 11.8 Å². The minimum Gasteiger partial charge on any atom is -0.405 e. The molecule has 0 aromatic heterocycles. The second-order valence-corrected chi connectivity index (χ2v) is 5.34. The molecule has 0 aliphatic carbocycles.